The highest BCUT2D eigenvalue weighted by molar-refractivity contribution is 6.20. The lowest BCUT2D eigenvalue weighted by atomic mass is 9.94. The first-order valence-electron chi connectivity index (χ1n) is 6.47. The van der Waals surface area contributed by atoms with Gasteiger partial charge < -0.3 is 5.11 Å². The molecule has 1 rings (SSSR count). The maximum absolute atomic E-state index is 12.1. The number of nitro benzene ring substituents is 1. The summed E-state index contributed by atoms with van der Waals surface area (Å²) in [5.74, 6) is -2.52. The highest BCUT2D eigenvalue weighted by Gasteiger charge is 2.23. The third kappa shape index (κ3) is 4.52. The topological polar surface area (TPSA) is 121 Å². The Morgan fingerprint density at radius 1 is 1.41 bits per heavy atom. The van der Waals surface area contributed by atoms with Crippen LogP contribution in [0.1, 0.15) is 25.3 Å². The van der Waals surface area contributed by atoms with Crippen LogP contribution in [0.3, 0.4) is 0 Å². The lowest BCUT2D eigenvalue weighted by molar-refractivity contribution is -0.384. The molecule has 0 spiro atoms. The molecule has 0 aliphatic heterocycles. The van der Waals surface area contributed by atoms with E-state index in [2.05, 4.69) is 0 Å². The average molecular weight is 302 g/mol. The number of nitrogens with zero attached hydrogens (tertiary/aromatic N) is 2. The molecule has 0 radical (unpaired) electrons. The summed E-state index contributed by atoms with van der Waals surface area (Å²) in [5, 5.41) is 28.2. The van der Waals surface area contributed by atoms with Gasteiger partial charge in [0, 0.05) is 24.5 Å². The fourth-order valence-electron chi connectivity index (χ4n) is 1.77. The summed E-state index contributed by atoms with van der Waals surface area (Å²) < 4.78 is 0. The Balaban J connectivity index is 3.04. The maximum atomic E-state index is 12.1. The van der Waals surface area contributed by atoms with Crippen LogP contribution in [0.4, 0.5) is 5.69 Å². The van der Waals surface area contributed by atoms with Gasteiger partial charge in [-0.05, 0) is 30.2 Å². The van der Waals surface area contributed by atoms with Crippen molar-refractivity contribution in [2.75, 3.05) is 0 Å². The van der Waals surface area contributed by atoms with Gasteiger partial charge >= 0.3 is 5.97 Å². The van der Waals surface area contributed by atoms with Crippen LogP contribution < -0.4 is 0 Å². The van der Waals surface area contributed by atoms with Crippen molar-refractivity contribution in [3.05, 3.63) is 45.5 Å². The van der Waals surface area contributed by atoms with Gasteiger partial charge in [-0.2, -0.15) is 5.26 Å². The first-order chi connectivity index (χ1) is 10.4. The SMILES string of the molecule is CC(CCC#N)C(=O)C(=Cc1ccc([N+](=O)[O-])cc1)C(=O)O. The van der Waals surface area contributed by atoms with E-state index in [1.54, 1.807) is 6.92 Å². The predicted octanol–water partition coefficient (Wildman–Crippen LogP) is 2.57. The number of hydrogen-bond donors (Lipinski definition) is 1. The molecule has 1 aromatic carbocycles. The van der Waals surface area contributed by atoms with E-state index in [0.29, 0.717) is 5.56 Å². The number of aliphatic carboxylic acids is 1. The van der Waals surface area contributed by atoms with E-state index >= 15 is 0 Å². The highest BCUT2D eigenvalue weighted by Crippen LogP contribution is 2.18. The van der Waals surface area contributed by atoms with E-state index < -0.39 is 28.2 Å². The van der Waals surface area contributed by atoms with Gasteiger partial charge in [-0.3, -0.25) is 14.9 Å². The van der Waals surface area contributed by atoms with Crippen LogP contribution in [0, 0.1) is 27.4 Å². The second kappa shape index (κ2) is 7.69. The molecule has 114 valence electrons. The summed E-state index contributed by atoms with van der Waals surface area (Å²) in [6.07, 6.45) is 1.62. The fourth-order valence-corrected chi connectivity index (χ4v) is 1.77. The van der Waals surface area contributed by atoms with Gasteiger partial charge in [-0.25, -0.2) is 4.79 Å². The monoisotopic (exact) mass is 302 g/mol. The van der Waals surface area contributed by atoms with Crippen molar-refractivity contribution in [2.24, 2.45) is 5.92 Å². The van der Waals surface area contributed by atoms with Crippen LogP contribution in [0.5, 0.6) is 0 Å². The molecule has 0 amide bonds. The van der Waals surface area contributed by atoms with Crippen LogP contribution in [-0.4, -0.2) is 21.8 Å². The van der Waals surface area contributed by atoms with Crippen LogP contribution >= 0.6 is 0 Å². The first-order valence-corrected chi connectivity index (χ1v) is 6.47. The highest BCUT2D eigenvalue weighted by atomic mass is 16.6. The third-order valence-electron chi connectivity index (χ3n) is 3.05. The summed E-state index contributed by atoms with van der Waals surface area (Å²) in [7, 11) is 0. The average Bonchev–Trinajstić information content (AvgIpc) is 2.49. The summed E-state index contributed by atoms with van der Waals surface area (Å²) in [6, 6.07) is 7.11. The van der Waals surface area contributed by atoms with Crippen LogP contribution in [0.15, 0.2) is 29.8 Å². The molecule has 7 nitrogen and oxygen atoms in total. The van der Waals surface area contributed by atoms with Gasteiger partial charge in [0.15, 0.2) is 5.78 Å². The molecule has 0 fully saturated rings. The van der Waals surface area contributed by atoms with Crippen molar-refractivity contribution in [2.45, 2.75) is 19.8 Å². The summed E-state index contributed by atoms with van der Waals surface area (Å²) in [6.45, 7) is 1.56. The van der Waals surface area contributed by atoms with Gasteiger partial charge in [0.1, 0.15) is 5.57 Å². The van der Waals surface area contributed by atoms with Crippen molar-refractivity contribution in [3.8, 4) is 6.07 Å². The van der Waals surface area contributed by atoms with E-state index in [1.165, 1.54) is 30.3 Å². The number of carbonyl (C=O) groups is 2. The van der Waals surface area contributed by atoms with E-state index in [9.17, 15) is 19.7 Å². The van der Waals surface area contributed by atoms with Crippen LogP contribution in [0.2, 0.25) is 0 Å². The third-order valence-corrected chi connectivity index (χ3v) is 3.05. The lowest BCUT2D eigenvalue weighted by Gasteiger charge is -2.09. The second-order valence-electron chi connectivity index (χ2n) is 4.67. The molecule has 0 saturated carbocycles. The zero-order valence-electron chi connectivity index (χ0n) is 11.9. The minimum absolute atomic E-state index is 0.122. The maximum Gasteiger partial charge on any atom is 0.339 e. The number of rotatable bonds is 7. The predicted molar refractivity (Wildman–Crippen MR) is 77.7 cm³/mol. The number of benzene rings is 1. The van der Waals surface area contributed by atoms with Gasteiger partial charge in [0.05, 0.1) is 11.0 Å². The largest absolute Gasteiger partial charge is 0.478 e. The molecule has 0 aliphatic rings. The lowest BCUT2D eigenvalue weighted by Crippen LogP contribution is -2.19. The van der Waals surface area contributed by atoms with Crippen molar-refractivity contribution >= 4 is 23.5 Å². The van der Waals surface area contributed by atoms with E-state index in [4.69, 9.17) is 10.4 Å². The Morgan fingerprint density at radius 2 is 2.00 bits per heavy atom. The quantitative estimate of drug-likeness (QED) is 0.271. The summed E-state index contributed by atoms with van der Waals surface area (Å²) in [4.78, 5) is 33.3. The van der Waals surface area contributed by atoms with Crippen molar-refractivity contribution in [1.82, 2.24) is 0 Å². The van der Waals surface area contributed by atoms with Gasteiger partial charge in [-0.15, -0.1) is 0 Å². The molecule has 0 aliphatic carbocycles. The van der Waals surface area contributed by atoms with E-state index in [-0.39, 0.29) is 18.5 Å². The second-order valence-corrected chi connectivity index (χ2v) is 4.67. The molecule has 1 unspecified atom stereocenters. The minimum Gasteiger partial charge on any atom is -0.478 e. The van der Waals surface area contributed by atoms with Gasteiger partial charge in [-0.1, -0.05) is 6.92 Å². The zero-order chi connectivity index (χ0) is 16.7. The first kappa shape index (κ1) is 17.0. The van der Waals surface area contributed by atoms with E-state index in [1.807, 2.05) is 6.07 Å². The van der Waals surface area contributed by atoms with Crippen LogP contribution in [0.25, 0.3) is 6.08 Å². The standard InChI is InChI=1S/C15H14N2O5/c1-10(3-2-8-16)14(18)13(15(19)20)9-11-4-6-12(7-5-11)17(21)22/h4-7,9-10H,2-3H2,1H3,(H,19,20). The Bertz CT molecular complexity index is 656. The smallest absolute Gasteiger partial charge is 0.339 e. The molecule has 0 heterocycles. The molecule has 22 heavy (non-hydrogen) atoms. The van der Waals surface area contributed by atoms with E-state index in [0.717, 1.165) is 0 Å². The molecule has 0 bridgehead atoms. The molecule has 0 aromatic heterocycles. The minimum atomic E-state index is -1.37. The van der Waals surface area contributed by atoms with Crippen molar-refractivity contribution in [3.63, 3.8) is 0 Å². The van der Waals surface area contributed by atoms with Crippen LogP contribution in [-0.2, 0) is 9.59 Å². The van der Waals surface area contributed by atoms with Gasteiger partial charge in [0.2, 0.25) is 0 Å². The Labute approximate surface area is 126 Å². The fraction of sp³-hybridized carbons (Fsp3) is 0.267. The number of non-ortho nitro benzene ring substituents is 1. The number of nitriles is 1. The number of carboxylic acid groups (broad SMARTS) is 1. The Hall–Kier alpha value is -3.01. The molecule has 1 aromatic rings. The number of hydrogen-bond acceptors (Lipinski definition) is 5. The Kier molecular flexibility index (Phi) is 5.96. The summed E-state index contributed by atoms with van der Waals surface area (Å²) >= 11 is 0. The van der Waals surface area contributed by atoms with Gasteiger partial charge in [0.25, 0.3) is 5.69 Å². The molecular formula is C15H14N2O5. The number of carbonyl (C=O) groups excluding carboxylic acids is 1. The molecular weight excluding hydrogens is 288 g/mol. The molecule has 1 N–H and O–H groups in total. The van der Waals surface area contributed by atoms with Crippen molar-refractivity contribution < 1.29 is 19.6 Å². The zero-order valence-corrected chi connectivity index (χ0v) is 11.9. The number of Topliss-reactive ketones (excluding diaryl/α,β-unsaturated/α-hetero) is 1. The van der Waals surface area contributed by atoms with Crippen molar-refractivity contribution in [1.29, 1.82) is 5.26 Å². The molecule has 0 saturated heterocycles. The Morgan fingerprint density at radius 3 is 2.45 bits per heavy atom. The number of ketones is 1. The number of nitro groups is 1. The molecule has 1 atom stereocenters. The normalized spacial score (nSPS) is 12.3. The molecule has 7 heteroatoms. The summed E-state index contributed by atoms with van der Waals surface area (Å²) in [5.41, 5.74) is -0.147. The number of carboxylic acids is 1.